The average Bonchev–Trinajstić information content (AvgIpc) is 3.14. The van der Waals surface area contributed by atoms with Crippen LogP contribution in [0.15, 0.2) is 72.8 Å². The number of anilines is 2. The summed E-state index contributed by atoms with van der Waals surface area (Å²) in [7, 11) is 0. The van der Waals surface area contributed by atoms with Gasteiger partial charge in [0.15, 0.2) is 0 Å². The largest absolute Gasteiger partial charge is 0.494 e. The Kier molecular flexibility index (Phi) is 6.70. The molecule has 0 radical (unpaired) electrons. The molecule has 0 fully saturated rings. The summed E-state index contributed by atoms with van der Waals surface area (Å²) in [5, 5.41) is 12.2. The molecule has 1 aromatic heterocycles. The Bertz CT molecular complexity index is 1180. The molecule has 6 nitrogen and oxygen atoms in total. The number of nitrogens with zero attached hydrogens (tertiary/aromatic N) is 2. The molecule has 164 valence electrons. The van der Waals surface area contributed by atoms with Crippen LogP contribution in [0, 0.1) is 6.92 Å². The summed E-state index contributed by atoms with van der Waals surface area (Å²) in [6.45, 7) is 2.63. The predicted molar refractivity (Wildman–Crippen MR) is 127 cm³/mol. The molecule has 0 spiro atoms. The first-order valence-electron chi connectivity index (χ1n) is 10.9. The molecule has 0 atom stereocenters. The first-order valence-corrected chi connectivity index (χ1v) is 10.9. The molecule has 0 saturated heterocycles. The van der Waals surface area contributed by atoms with Gasteiger partial charge in [-0.2, -0.15) is 0 Å². The van der Waals surface area contributed by atoms with Gasteiger partial charge in [-0.25, -0.2) is 4.98 Å². The molecular weight excluding hydrogens is 402 g/mol. The van der Waals surface area contributed by atoms with Crippen LogP contribution in [-0.2, 0) is 4.79 Å². The second-order valence-corrected chi connectivity index (χ2v) is 7.80. The van der Waals surface area contributed by atoms with Gasteiger partial charge in [0, 0.05) is 23.9 Å². The minimum absolute atomic E-state index is 0.207. The fourth-order valence-electron chi connectivity index (χ4n) is 3.58. The second kappa shape index (κ2) is 10.0. The number of carboxylic acid groups (broad SMARTS) is 1. The smallest absolute Gasteiger partial charge is 0.303 e. The van der Waals surface area contributed by atoms with Crippen molar-refractivity contribution in [3.05, 3.63) is 78.4 Å². The van der Waals surface area contributed by atoms with Crippen molar-refractivity contribution in [1.29, 1.82) is 0 Å². The second-order valence-electron chi connectivity index (χ2n) is 7.80. The van der Waals surface area contributed by atoms with E-state index in [0.29, 0.717) is 13.0 Å². The van der Waals surface area contributed by atoms with Crippen LogP contribution in [0.3, 0.4) is 0 Å². The number of carboxylic acids is 1. The van der Waals surface area contributed by atoms with Gasteiger partial charge in [-0.3, -0.25) is 9.36 Å². The zero-order chi connectivity index (χ0) is 22.3. The summed E-state index contributed by atoms with van der Waals surface area (Å²) >= 11 is 0. The highest BCUT2D eigenvalue weighted by molar-refractivity contribution is 5.83. The fraction of sp³-hybridized carbons (Fsp3) is 0.231. The summed E-state index contributed by atoms with van der Waals surface area (Å²) in [6.07, 6.45) is 2.54. The molecule has 4 rings (SSSR count). The molecule has 0 aliphatic rings. The number of nitrogens with one attached hydrogen (secondary N) is 1. The Balaban J connectivity index is 1.60. The van der Waals surface area contributed by atoms with Crippen molar-refractivity contribution < 1.29 is 14.6 Å². The van der Waals surface area contributed by atoms with E-state index in [1.165, 1.54) is 5.56 Å². The van der Waals surface area contributed by atoms with Crippen molar-refractivity contribution in [1.82, 2.24) is 9.55 Å². The van der Waals surface area contributed by atoms with Gasteiger partial charge in [0.1, 0.15) is 5.75 Å². The molecule has 0 bridgehead atoms. The summed E-state index contributed by atoms with van der Waals surface area (Å²) in [4.78, 5) is 15.4. The molecule has 2 N–H and O–H groups in total. The molecule has 0 unspecified atom stereocenters. The third kappa shape index (κ3) is 5.27. The van der Waals surface area contributed by atoms with E-state index in [1.54, 1.807) is 0 Å². The topological polar surface area (TPSA) is 76.4 Å². The van der Waals surface area contributed by atoms with Crippen LogP contribution < -0.4 is 10.1 Å². The van der Waals surface area contributed by atoms with E-state index in [2.05, 4.69) is 41.1 Å². The number of fused-ring (bicyclic) bond motifs is 1. The maximum absolute atomic E-state index is 10.6. The number of hydrogen-bond donors (Lipinski definition) is 2. The standard InChI is InChI=1S/C26H27N3O3/c1-19-11-13-21(14-12-19)29-24-18-22(32-17-7-3-6-10-25(30)31)15-16-23(24)28-26(29)27-20-8-4-2-5-9-20/h2,4-5,8-9,11-16,18H,3,6-7,10,17H2,1H3,(H,27,28)(H,30,31). The van der Waals surface area contributed by atoms with Gasteiger partial charge in [0.25, 0.3) is 0 Å². The number of aryl methyl sites for hydroxylation is 1. The molecule has 0 aliphatic heterocycles. The highest BCUT2D eigenvalue weighted by atomic mass is 16.5. The maximum atomic E-state index is 10.6. The van der Waals surface area contributed by atoms with E-state index >= 15 is 0 Å². The van der Waals surface area contributed by atoms with Gasteiger partial charge >= 0.3 is 5.97 Å². The van der Waals surface area contributed by atoms with Gasteiger partial charge in [-0.05, 0) is 62.6 Å². The van der Waals surface area contributed by atoms with Crippen molar-refractivity contribution in [2.45, 2.75) is 32.6 Å². The van der Waals surface area contributed by atoms with Crippen molar-refractivity contribution in [2.24, 2.45) is 0 Å². The van der Waals surface area contributed by atoms with Gasteiger partial charge in [-0.15, -0.1) is 0 Å². The lowest BCUT2D eigenvalue weighted by molar-refractivity contribution is -0.137. The van der Waals surface area contributed by atoms with Gasteiger partial charge in [0.05, 0.1) is 17.6 Å². The normalized spacial score (nSPS) is 10.9. The SMILES string of the molecule is Cc1ccc(-n2c(Nc3ccccc3)nc3ccc(OCCCCCC(=O)O)cc32)cc1. The highest BCUT2D eigenvalue weighted by Gasteiger charge is 2.14. The minimum atomic E-state index is -0.749. The molecule has 6 heteroatoms. The number of ether oxygens (including phenoxy) is 1. The van der Waals surface area contributed by atoms with Crippen LogP contribution in [0.25, 0.3) is 16.7 Å². The van der Waals surface area contributed by atoms with Gasteiger partial charge in [-0.1, -0.05) is 35.9 Å². The Hall–Kier alpha value is -3.80. The van der Waals surface area contributed by atoms with E-state index in [1.807, 2.05) is 48.5 Å². The van der Waals surface area contributed by atoms with E-state index < -0.39 is 5.97 Å². The Morgan fingerprint density at radius 3 is 2.53 bits per heavy atom. The lowest BCUT2D eigenvalue weighted by Crippen LogP contribution is -2.02. The maximum Gasteiger partial charge on any atom is 0.303 e. The fourth-order valence-corrected chi connectivity index (χ4v) is 3.58. The monoisotopic (exact) mass is 429 g/mol. The van der Waals surface area contributed by atoms with Crippen LogP contribution in [-0.4, -0.2) is 27.2 Å². The van der Waals surface area contributed by atoms with E-state index in [9.17, 15) is 4.79 Å². The van der Waals surface area contributed by atoms with Crippen LogP contribution in [0.4, 0.5) is 11.6 Å². The number of para-hydroxylation sites is 1. The van der Waals surface area contributed by atoms with Crippen molar-refractivity contribution >= 4 is 28.6 Å². The quantitative estimate of drug-likeness (QED) is 0.298. The molecule has 3 aromatic carbocycles. The Labute approximate surface area is 187 Å². The van der Waals surface area contributed by atoms with E-state index in [-0.39, 0.29) is 6.42 Å². The summed E-state index contributed by atoms with van der Waals surface area (Å²) < 4.78 is 8.05. The molecule has 4 aromatic rings. The van der Waals surface area contributed by atoms with Crippen molar-refractivity contribution in [3.63, 3.8) is 0 Å². The van der Waals surface area contributed by atoms with Crippen LogP contribution in [0.5, 0.6) is 5.75 Å². The number of rotatable bonds is 10. The Morgan fingerprint density at radius 2 is 1.78 bits per heavy atom. The third-order valence-corrected chi connectivity index (χ3v) is 5.25. The molecule has 1 heterocycles. The van der Waals surface area contributed by atoms with Gasteiger partial charge in [0.2, 0.25) is 5.95 Å². The predicted octanol–water partition coefficient (Wildman–Crippen LogP) is 6.10. The number of imidazole rings is 1. The third-order valence-electron chi connectivity index (χ3n) is 5.25. The van der Waals surface area contributed by atoms with Crippen LogP contribution in [0.2, 0.25) is 0 Å². The lowest BCUT2D eigenvalue weighted by atomic mass is 10.2. The van der Waals surface area contributed by atoms with Crippen molar-refractivity contribution in [3.8, 4) is 11.4 Å². The number of unbranched alkanes of at least 4 members (excludes halogenated alkanes) is 2. The van der Waals surface area contributed by atoms with E-state index in [0.717, 1.165) is 46.9 Å². The van der Waals surface area contributed by atoms with Crippen LogP contribution in [0.1, 0.15) is 31.2 Å². The number of hydrogen-bond acceptors (Lipinski definition) is 4. The first-order chi connectivity index (χ1) is 15.6. The molecule has 32 heavy (non-hydrogen) atoms. The number of aliphatic carboxylic acids is 1. The average molecular weight is 430 g/mol. The van der Waals surface area contributed by atoms with Crippen LogP contribution >= 0.6 is 0 Å². The molecular formula is C26H27N3O3. The lowest BCUT2D eigenvalue weighted by Gasteiger charge is -2.12. The number of carbonyl (C=O) groups is 1. The molecule has 0 aliphatic carbocycles. The number of aromatic nitrogens is 2. The zero-order valence-corrected chi connectivity index (χ0v) is 18.1. The Morgan fingerprint density at radius 1 is 1.00 bits per heavy atom. The van der Waals surface area contributed by atoms with Gasteiger partial charge < -0.3 is 15.2 Å². The highest BCUT2D eigenvalue weighted by Crippen LogP contribution is 2.30. The summed E-state index contributed by atoms with van der Waals surface area (Å²) in [6, 6.07) is 24.2. The zero-order valence-electron chi connectivity index (χ0n) is 18.1. The van der Waals surface area contributed by atoms with Crippen molar-refractivity contribution in [2.75, 3.05) is 11.9 Å². The summed E-state index contributed by atoms with van der Waals surface area (Å²) in [5.41, 5.74) is 5.01. The minimum Gasteiger partial charge on any atom is -0.494 e. The number of benzene rings is 3. The first kappa shape index (κ1) is 21.4. The summed E-state index contributed by atoms with van der Waals surface area (Å²) in [5.74, 6) is 0.761. The molecule has 0 saturated carbocycles. The molecule has 0 amide bonds. The van der Waals surface area contributed by atoms with E-state index in [4.69, 9.17) is 14.8 Å².